The fourth-order valence-corrected chi connectivity index (χ4v) is 2.74. The lowest BCUT2D eigenvalue weighted by molar-refractivity contribution is -0.124. The molecule has 0 bridgehead atoms. The van der Waals surface area contributed by atoms with Gasteiger partial charge in [-0.15, -0.1) is 0 Å². The van der Waals surface area contributed by atoms with Gasteiger partial charge in [-0.2, -0.15) is 16.8 Å². The smallest absolute Gasteiger partial charge is 0.259 e. The number of hydrogen-bond donors (Lipinski definition) is 0. The Kier molecular flexibility index (Phi) is 3.51. The van der Waals surface area contributed by atoms with Gasteiger partial charge in [-0.1, -0.05) is 25.1 Å². The van der Waals surface area contributed by atoms with Crippen molar-refractivity contribution >= 4 is 23.4 Å². The molecule has 4 heteroatoms. The van der Waals surface area contributed by atoms with Gasteiger partial charge in [0.1, 0.15) is 0 Å². The molecule has 1 aromatic rings. The monoisotopic (exact) mass is 237 g/mol. The summed E-state index contributed by atoms with van der Waals surface area (Å²) in [6, 6.07) is 7.82. The van der Waals surface area contributed by atoms with E-state index >= 15 is 0 Å². The number of benzene rings is 1. The second-order valence-electron chi connectivity index (χ2n) is 3.59. The normalized spacial score (nSPS) is 19.0. The number of anilines is 1. The van der Waals surface area contributed by atoms with Crippen molar-refractivity contribution in [1.29, 1.82) is 0 Å². The first-order chi connectivity index (χ1) is 7.79. The zero-order valence-electron chi connectivity index (χ0n) is 9.47. The van der Waals surface area contributed by atoms with E-state index in [0.29, 0.717) is 0 Å². The van der Waals surface area contributed by atoms with E-state index < -0.39 is 0 Å². The SMILES string of the molecule is CCSCC1C(=O)N(OC)c2ccccc21. The molecule has 1 unspecified atom stereocenters. The van der Waals surface area contributed by atoms with Crippen LogP contribution in [0.25, 0.3) is 0 Å². The third kappa shape index (κ3) is 1.83. The van der Waals surface area contributed by atoms with Gasteiger partial charge in [0, 0.05) is 5.75 Å². The lowest BCUT2D eigenvalue weighted by atomic mass is 10.0. The van der Waals surface area contributed by atoms with Crippen molar-refractivity contribution in [2.45, 2.75) is 12.8 Å². The van der Waals surface area contributed by atoms with Crippen LogP contribution in [-0.4, -0.2) is 24.5 Å². The minimum atomic E-state index is -0.0545. The molecule has 3 nitrogen and oxygen atoms in total. The molecule has 1 aliphatic rings. The van der Waals surface area contributed by atoms with Crippen molar-refractivity contribution in [1.82, 2.24) is 0 Å². The second kappa shape index (κ2) is 4.89. The van der Waals surface area contributed by atoms with Gasteiger partial charge in [0.25, 0.3) is 5.91 Å². The quantitative estimate of drug-likeness (QED) is 0.805. The Bertz CT molecular complexity index is 394. The lowest BCUT2D eigenvalue weighted by Gasteiger charge is -2.13. The first kappa shape index (κ1) is 11.5. The van der Waals surface area contributed by atoms with Crippen LogP contribution in [-0.2, 0) is 9.63 Å². The van der Waals surface area contributed by atoms with Gasteiger partial charge in [-0.25, -0.2) is 0 Å². The van der Waals surface area contributed by atoms with Crippen LogP contribution in [0.15, 0.2) is 24.3 Å². The molecule has 1 aliphatic heterocycles. The highest BCUT2D eigenvalue weighted by atomic mass is 32.2. The van der Waals surface area contributed by atoms with Crippen molar-refractivity contribution in [3.05, 3.63) is 29.8 Å². The molecular weight excluding hydrogens is 222 g/mol. The number of carbonyl (C=O) groups is 1. The molecule has 1 heterocycles. The molecule has 0 N–H and O–H groups in total. The van der Waals surface area contributed by atoms with Gasteiger partial charge in [-0.05, 0) is 17.4 Å². The number of fused-ring (bicyclic) bond motifs is 1. The van der Waals surface area contributed by atoms with E-state index in [1.54, 1.807) is 11.8 Å². The van der Waals surface area contributed by atoms with Gasteiger partial charge in [0.15, 0.2) is 0 Å². The molecule has 0 aliphatic carbocycles. The molecule has 2 rings (SSSR count). The number of amides is 1. The van der Waals surface area contributed by atoms with Gasteiger partial charge >= 0.3 is 0 Å². The van der Waals surface area contributed by atoms with Gasteiger partial charge < -0.3 is 0 Å². The van der Waals surface area contributed by atoms with Crippen LogP contribution in [0.1, 0.15) is 18.4 Å². The molecular formula is C12H15NO2S. The number of carbonyl (C=O) groups excluding carboxylic acids is 1. The van der Waals surface area contributed by atoms with Gasteiger partial charge in [0.05, 0.1) is 18.7 Å². The maximum absolute atomic E-state index is 12.1. The minimum absolute atomic E-state index is 0.0460. The highest BCUT2D eigenvalue weighted by molar-refractivity contribution is 7.99. The number of hydrogen-bond acceptors (Lipinski definition) is 3. The average molecular weight is 237 g/mol. The van der Waals surface area contributed by atoms with Crippen LogP contribution < -0.4 is 5.06 Å². The number of rotatable bonds is 4. The van der Waals surface area contributed by atoms with Crippen molar-refractivity contribution in [3.63, 3.8) is 0 Å². The average Bonchev–Trinajstić information content (AvgIpc) is 2.58. The van der Waals surface area contributed by atoms with E-state index in [4.69, 9.17) is 4.84 Å². The van der Waals surface area contributed by atoms with Crippen LogP contribution in [0, 0.1) is 0 Å². The van der Waals surface area contributed by atoms with E-state index in [0.717, 1.165) is 22.8 Å². The molecule has 0 aromatic heterocycles. The highest BCUT2D eigenvalue weighted by Crippen LogP contribution is 2.38. The molecule has 0 saturated carbocycles. The summed E-state index contributed by atoms with van der Waals surface area (Å²) < 4.78 is 0. The first-order valence-corrected chi connectivity index (χ1v) is 6.49. The molecule has 0 spiro atoms. The number of thioether (sulfide) groups is 1. The Labute approximate surface area is 99.7 Å². The molecule has 1 amide bonds. The van der Waals surface area contributed by atoms with Gasteiger partial charge in [-0.3, -0.25) is 9.63 Å². The largest absolute Gasteiger partial charge is 0.271 e. The number of nitrogens with zero attached hydrogens (tertiary/aromatic N) is 1. The fourth-order valence-electron chi connectivity index (χ4n) is 1.95. The van der Waals surface area contributed by atoms with Crippen LogP contribution in [0.2, 0.25) is 0 Å². The Hall–Kier alpha value is -1.00. The van der Waals surface area contributed by atoms with Crippen LogP contribution >= 0.6 is 11.8 Å². The summed E-state index contributed by atoms with van der Waals surface area (Å²) in [5, 5.41) is 1.40. The summed E-state index contributed by atoms with van der Waals surface area (Å²) in [7, 11) is 1.53. The molecule has 86 valence electrons. The fraction of sp³-hybridized carbons (Fsp3) is 0.417. The van der Waals surface area contributed by atoms with Crippen molar-refractivity contribution in [2.75, 3.05) is 23.7 Å². The zero-order valence-corrected chi connectivity index (χ0v) is 10.3. The van der Waals surface area contributed by atoms with Crippen LogP contribution in [0.4, 0.5) is 5.69 Å². The maximum Gasteiger partial charge on any atom is 0.259 e. The van der Waals surface area contributed by atoms with E-state index in [-0.39, 0.29) is 11.8 Å². The molecule has 1 atom stereocenters. The summed E-state index contributed by atoms with van der Waals surface area (Å²) in [6.07, 6.45) is 0. The summed E-state index contributed by atoms with van der Waals surface area (Å²) in [6.45, 7) is 2.10. The molecule has 1 aromatic carbocycles. The van der Waals surface area contributed by atoms with Crippen LogP contribution in [0.3, 0.4) is 0 Å². The van der Waals surface area contributed by atoms with E-state index in [1.165, 1.54) is 12.2 Å². The standard InChI is InChI=1S/C12H15NO2S/c1-3-16-8-10-9-6-4-5-7-11(9)13(15-2)12(10)14/h4-7,10H,3,8H2,1-2H3. The summed E-state index contributed by atoms with van der Waals surface area (Å²) >= 11 is 1.78. The van der Waals surface area contributed by atoms with Gasteiger partial charge in [0.2, 0.25) is 0 Å². The predicted octanol–water partition coefficient (Wildman–Crippen LogP) is 2.43. The third-order valence-electron chi connectivity index (χ3n) is 2.70. The zero-order chi connectivity index (χ0) is 11.5. The number of hydroxylamine groups is 1. The highest BCUT2D eigenvalue weighted by Gasteiger charge is 2.37. The lowest BCUT2D eigenvalue weighted by Crippen LogP contribution is -2.28. The Balaban J connectivity index is 2.31. The second-order valence-corrected chi connectivity index (χ2v) is 4.90. The van der Waals surface area contributed by atoms with E-state index in [9.17, 15) is 4.79 Å². The Morgan fingerprint density at radius 2 is 2.19 bits per heavy atom. The minimum Gasteiger partial charge on any atom is -0.271 e. The molecule has 0 saturated heterocycles. The topological polar surface area (TPSA) is 29.5 Å². The molecule has 0 fully saturated rings. The van der Waals surface area contributed by atoms with Crippen molar-refractivity contribution < 1.29 is 9.63 Å². The van der Waals surface area contributed by atoms with Crippen molar-refractivity contribution in [2.24, 2.45) is 0 Å². The van der Waals surface area contributed by atoms with E-state index in [1.807, 2.05) is 24.3 Å². The Morgan fingerprint density at radius 1 is 1.44 bits per heavy atom. The summed E-state index contributed by atoms with van der Waals surface area (Å²) in [4.78, 5) is 17.2. The number of para-hydroxylation sites is 1. The summed E-state index contributed by atoms with van der Waals surface area (Å²) in [5.41, 5.74) is 1.96. The first-order valence-electron chi connectivity index (χ1n) is 5.34. The molecule has 16 heavy (non-hydrogen) atoms. The van der Waals surface area contributed by atoms with E-state index in [2.05, 4.69) is 6.92 Å². The summed E-state index contributed by atoms with van der Waals surface area (Å²) in [5.74, 6) is 1.84. The van der Waals surface area contributed by atoms with Crippen LogP contribution in [0.5, 0.6) is 0 Å². The maximum atomic E-state index is 12.1. The Morgan fingerprint density at radius 3 is 2.88 bits per heavy atom. The third-order valence-corrected chi connectivity index (χ3v) is 3.68. The predicted molar refractivity (Wildman–Crippen MR) is 66.7 cm³/mol. The molecule has 0 radical (unpaired) electrons. The van der Waals surface area contributed by atoms with Crippen molar-refractivity contribution in [3.8, 4) is 0 Å².